The van der Waals surface area contributed by atoms with Crippen LogP contribution in [0.3, 0.4) is 0 Å². The number of rotatable bonds is 4. The summed E-state index contributed by atoms with van der Waals surface area (Å²) in [5.41, 5.74) is 3.19. The summed E-state index contributed by atoms with van der Waals surface area (Å²) in [6.45, 7) is 9.98. The first-order chi connectivity index (χ1) is 18.2. The minimum atomic E-state index is -0.543. The summed E-state index contributed by atoms with van der Waals surface area (Å²) in [6, 6.07) is 19.7. The largest absolute Gasteiger partial charge is 0.444 e. The van der Waals surface area contributed by atoms with Gasteiger partial charge in [0.05, 0.1) is 11.4 Å². The molecule has 1 N–H and O–H groups in total. The number of carbonyl (C=O) groups excluding carboxylic acids is 2. The van der Waals surface area contributed by atoms with Gasteiger partial charge in [-0.2, -0.15) is 0 Å². The van der Waals surface area contributed by atoms with Crippen LogP contribution in [0.1, 0.15) is 33.3 Å². The highest BCUT2D eigenvalue weighted by molar-refractivity contribution is 5.99. The number of allylic oxidation sites excluding steroid dienone is 1. The highest BCUT2D eigenvalue weighted by Gasteiger charge is 2.38. The number of benzene rings is 2. The third-order valence-corrected chi connectivity index (χ3v) is 6.71. The Morgan fingerprint density at radius 1 is 1.03 bits per heavy atom. The second kappa shape index (κ2) is 10.3. The van der Waals surface area contributed by atoms with E-state index in [1.54, 1.807) is 9.80 Å². The van der Waals surface area contributed by atoms with E-state index in [0.717, 1.165) is 22.8 Å². The Labute approximate surface area is 224 Å². The fourth-order valence-electron chi connectivity index (χ4n) is 4.97. The highest BCUT2D eigenvalue weighted by atomic mass is 16.6. The van der Waals surface area contributed by atoms with E-state index in [-0.39, 0.29) is 18.2 Å². The number of piperazine rings is 1. The fraction of sp³-hybridized carbons (Fsp3) is 0.333. The summed E-state index contributed by atoms with van der Waals surface area (Å²) in [4.78, 5) is 34.0. The average Bonchev–Trinajstić information content (AvgIpc) is 2.88. The normalized spacial score (nSPS) is 19.7. The summed E-state index contributed by atoms with van der Waals surface area (Å²) in [5, 5.41) is 3.16. The van der Waals surface area contributed by atoms with Crippen molar-refractivity contribution in [3.05, 3.63) is 102 Å². The minimum Gasteiger partial charge on any atom is -0.444 e. The van der Waals surface area contributed by atoms with Crippen LogP contribution in [0.5, 0.6) is 0 Å². The van der Waals surface area contributed by atoms with E-state index in [2.05, 4.69) is 40.2 Å². The van der Waals surface area contributed by atoms with Gasteiger partial charge in [-0.15, -0.1) is 0 Å². The van der Waals surface area contributed by atoms with Gasteiger partial charge >= 0.3 is 12.1 Å². The predicted molar refractivity (Wildman–Crippen MR) is 148 cm³/mol. The second-order valence-electron chi connectivity index (χ2n) is 10.8. The molecule has 3 aliphatic rings. The number of fused-ring (bicyclic) bond motifs is 1. The number of para-hydroxylation sites is 1. The maximum absolute atomic E-state index is 13.6. The van der Waals surface area contributed by atoms with E-state index in [1.807, 2.05) is 81.7 Å². The molecule has 0 radical (unpaired) electrons. The van der Waals surface area contributed by atoms with Crippen molar-refractivity contribution in [3.8, 4) is 0 Å². The summed E-state index contributed by atoms with van der Waals surface area (Å²) < 4.78 is 5.59. The van der Waals surface area contributed by atoms with E-state index in [4.69, 9.17) is 4.74 Å². The molecule has 38 heavy (non-hydrogen) atoms. The number of nitrogens with zero attached hydrogens (tertiary/aromatic N) is 4. The van der Waals surface area contributed by atoms with Crippen LogP contribution in [0.4, 0.5) is 15.3 Å². The van der Waals surface area contributed by atoms with Gasteiger partial charge in [-0.1, -0.05) is 48.5 Å². The van der Waals surface area contributed by atoms with Crippen molar-refractivity contribution in [3.63, 3.8) is 0 Å². The Hall–Kier alpha value is -4.20. The van der Waals surface area contributed by atoms with Crippen LogP contribution in [-0.2, 0) is 11.3 Å². The summed E-state index contributed by atoms with van der Waals surface area (Å²) in [6.07, 6.45) is 5.85. The van der Waals surface area contributed by atoms with Crippen LogP contribution < -0.4 is 10.2 Å². The molecule has 0 bridgehead atoms. The summed E-state index contributed by atoms with van der Waals surface area (Å²) in [5.74, 6) is 0.764. The minimum absolute atomic E-state index is 0.0145. The van der Waals surface area contributed by atoms with Gasteiger partial charge < -0.3 is 19.4 Å². The molecule has 198 valence electrons. The Bertz CT molecular complexity index is 1280. The average molecular weight is 514 g/mol. The molecular formula is C30H35N5O3. The van der Waals surface area contributed by atoms with Crippen molar-refractivity contribution in [1.82, 2.24) is 20.0 Å². The lowest BCUT2D eigenvalue weighted by atomic mass is 10.0. The van der Waals surface area contributed by atoms with Crippen molar-refractivity contribution in [2.24, 2.45) is 0 Å². The summed E-state index contributed by atoms with van der Waals surface area (Å²) in [7, 11) is 0. The van der Waals surface area contributed by atoms with Crippen LogP contribution in [-0.4, -0.2) is 58.1 Å². The molecule has 2 aromatic carbocycles. The van der Waals surface area contributed by atoms with Gasteiger partial charge in [0.25, 0.3) is 0 Å². The molecule has 3 amide bonds. The molecule has 0 aromatic heterocycles. The van der Waals surface area contributed by atoms with Gasteiger partial charge in [-0.05, 0) is 51.5 Å². The Kier molecular flexibility index (Phi) is 6.89. The number of nitrogens with one attached hydrogen (secondary N) is 1. The van der Waals surface area contributed by atoms with Crippen molar-refractivity contribution in [2.45, 2.75) is 45.9 Å². The molecule has 0 unspecified atom stereocenters. The topological polar surface area (TPSA) is 68.4 Å². The number of anilines is 1. The van der Waals surface area contributed by atoms with Gasteiger partial charge in [-0.25, -0.2) is 9.59 Å². The Morgan fingerprint density at radius 3 is 2.37 bits per heavy atom. The maximum Gasteiger partial charge on any atom is 0.410 e. The monoisotopic (exact) mass is 513 g/mol. The van der Waals surface area contributed by atoms with Crippen molar-refractivity contribution < 1.29 is 14.3 Å². The third kappa shape index (κ3) is 5.39. The quantitative estimate of drug-likeness (QED) is 0.606. The van der Waals surface area contributed by atoms with Crippen LogP contribution in [0.25, 0.3) is 0 Å². The Morgan fingerprint density at radius 2 is 1.71 bits per heavy atom. The van der Waals surface area contributed by atoms with Crippen LogP contribution in [0.2, 0.25) is 0 Å². The number of carbonyl (C=O) groups is 2. The Balaban J connectivity index is 1.45. The first kappa shape index (κ1) is 25.4. The van der Waals surface area contributed by atoms with E-state index < -0.39 is 5.60 Å². The van der Waals surface area contributed by atoms with Gasteiger partial charge in [0.2, 0.25) is 0 Å². The van der Waals surface area contributed by atoms with Gasteiger partial charge in [0.1, 0.15) is 11.4 Å². The molecule has 2 aromatic rings. The standard InChI is InChI=1S/C30H35N5O3/c1-22-19-33(29(37)38-30(2,3)4)17-18-34(22)27-25-15-16-32(20-23-11-7-5-8-12-23)21-26(25)35(28(36)31-27)24-13-9-6-10-14-24/h5-16,21-22H,17-20H2,1-4H3,(H,31,36)/t22-/m0/s1. The maximum atomic E-state index is 13.6. The predicted octanol–water partition coefficient (Wildman–Crippen LogP) is 5.24. The summed E-state index contributed by atoms with van der Waals surface area (Å²) >= 11 is 0. The van der Waals surface area contributed by atoms with Crippen LogP contribution in [0.15, 0.2) is 96.2 Å². The molecule has 0 saturated carbocycles. The van der Waals surface area contributed by atoms with Crippen molar-refractivity contribution >= 4 is 17.8 Å². The molecule has 0 spiro atoms. The van der Waals surface area contributed by atoms with Crippen molar-refractivity contribution in [1.29, 1.82) is 0 Å². The lowest BCUT2D eigenvalue weighted by molar-refractivity contribution is 0.00936. The van der Waals surface area contributed by atoms with Gasteiger partial charge in [0, 0.05) is 50.2 Å². The highest BCUT2D eigenvalue weighted by Crippen LogP contribution is 2.35. The zero-order valence-corrected chi connectivity index (χ0v) is 22.4. The van der Waals surface area contributed by atoms with E-state index in [1.165, 1.54) is 5.56 Å². The van der Waals surface area contributed by atoms with Crippen molar-refractivity contribution in [2.75, 3.05) is 24.5 Å². The fourth-order valence-corrected chi connectivity index (χ4v) is 4.97. The first-order valence-corrected chi connectivity index (χ1v) is 13.0. The first-order valence-electron chi connectivity index (χ1n) is 13.0. The molecule has 1 atom stereocenters. The van der Waals surface area contributed by atoms with Crippen LogP contribution >= 0.6 is 0 Å². The number of amides is 3. The van der Waals surface area contributed by atoms with E-state index in [0.29, 0.717) is 26.2 Å². The molecule has 1 fully saturated rings. The smallest absolute Gasteiger partial charge is 0.410 e. The molecule has 8 heteroatoms. The molecule has 3 heterocycles. The molecule has 5 rings (SSSR count). The van der Waals surface area contributed by atoms with E-state index >= 15 is 0 Å². The SMILES string of the molecule is C[C@H]1CN(C(=O)OC(C)(C)C)CCN1C1=C2C=CN(Cc3ccccc3)C=C2N(c2ccccc2)C(=O)N1. The zero-order valence-electron chi connectivity index (χ0n) is 22.4. The zero-order chi connectivity index (χ0) is 26.9. The number of hydrogen-bond donors (Lipinski definition) is 1. The number of urea groups is 1. The van der Waals surface area contributed by atoms with Crippen LogP contribution in [0, 0.1) is 0 Å². The molecule has 3 aliphatic heterocycles. The molecule has 1 saturated heterocycles. The lowest BCUT2D eigenvalue weighted by Crippen LogP contribution is -2.58. The second-order valence-corrected chi connectivity index (χ2v) is 10.8. The molecular weight excluding hydrogens is 478 g/mol. The third-order valence-electron chi connectivity index (χ3n) is 6.71. The lowest BCUT2D eigenvalue weighted by Gasteiger charge is -2.45. The van der Waals surface area contributed by atoms with Gasteiger partial charge in [-0.3, -0.25) is 10.2 Å². The van der Waals surface area contributed by atoms with E-state index in [9.17, 15) is 9.59 Å². The van der Waals surface area contributed by atoms with Gasteiger partial charge in [0.15, 0.2) is 0 Å². The molecule has 8 nitrogen and oxygen atoms in total. The number of hydrogen-bond acceptors (Lipinski definition) is 5. The molecule has 0 aliphatic carbocycles. The number of ether oxygens (including phenoxy) is 1.